The van der Waals surface area contributed by atoms with Gasteiger partial charge in [-0.25, -0.2) is 4.39 Å². The van der Waals surface area contributed by atoms with Crippen molar-refractivity contribution >= 4 is 5.69 Å². The molecule has 1 aliphatic rings. The minimum Gasteiger partial charge on any atom is -0.385 e. The van der Waals surface area contributed by atoms with Crippen molar-refractivity contribution in [1.29, 1.82) is 5.26 Å². The molecule has 4 heteroatoms. The van der Waals surface area contributed by atoms with Gasteiger partial charge in [0.2, 0.25) is 0 Å². The van der Waals surface area contributed by atoms with E-state index in [4.69, 9.17) is 5.26 Å². The zero-order valence-corrected chi connectivity index (χ0v) is 10.6. The van der Waals surface area contributed by atoms with Crippen LogP contribution in [0.3, 0.4) is 0 Å². The molecule has 0 amide bonds. The molecule has 0 saturated carbocycles. The largest absolute Gasteiger partial charge is 0.385 e. The lowest BCUT2D eigenvalue weighted by molar-refractivity contribution is 0.345. The summed E-state index contributed by atoms with van der Waals surface area (Å²) in [6, 6.07) is 6.34. The van der Waals surface area contributed by atoms with Gasteiger partial charge in [-0.05, 0) is 43.6 Å². The number of nitriles is 1. The van der Waals surface area contributed by atoms with E-state index in [-0.39, 0.29) is 5.82 Å². The molecule has 0 aliphatic carbocycles. The third-order valence-electron chi connectivity index (χ3n) is 3.44. The fraction of sp³-hybridized carbons (Fsp3) is 0.500. The lowest BCUT2D eigenvalue weighted by atomic mass is 10.1. The van der Waals surface area contributed by atoms with E-state index < -0.39 is 0 Å². The minimum absolute atomic E-state index is 0.360. The van der Waals surface area contributed by atoms with Crippen molar-refractivity contribution in [2.45, 2.75) is 13.3 Å². The maximum Gasteiger partial charge on any atom is 0.126 e. The van der Waals surface area contributed by atoms with Crippen molar-refractivity contribution < 1.29 is 4.39 Å². The number of hydrogen-bond acceptors (Lipinski definition) is 3. The Morgan fingerprint density at radius 2 is 2.33 bits per heavy atom. The SMILES string of the molecule is CCN1CCC(CNc2cc(F)cc(C#N)c2)C1. The molecule has 3 nitrogen and oxygen atoms in total. The normalized spacial score (nSPS) is 19.7. The maximum atomic E-state index is 13.2. The van der Waals surface area contributed by atoms with Crippen LogP contribution >= 0.6 is 0 Å². The predicted octanol–water partition coefficient (Wildman–Crippen LogP) is 2.45. The molecular formula is C14H18FN3. The summed E-state index contributed by atoms with van der Waals surface area (Å²) >= 11 is 0. The van der Waals surface area contributed by atoms with Crippen molar-refractivity contribution in [2.24, 2.45) is 5.92 Å². The number of halogens is 1. The second-order valence-corrected chi connectivity index (χ2v) is 4.77. The first-order valence-electron chi connectivity index (χ1n) is 6.38. The van der Waals surface area contributed by atoms with Gasteiger partial charge in [0.05, 0.1) is 11.6 Å². The number of nitrogens with one attached hydrogen (secondary N) is 1. The Morgan fingerprint density at radius 1 is 1.50 bits per heavy atom. The van der Waals surface area contributed by atoms with E-state index >= 15 is 0 Å². The monoisotopic (exact) mass is 247 g/mol. The van der Waals surface area contributed by atoms with E-state index in [1.54, 1.807) is 6.07 Å². The van der Waals surface area contributed by atoms with Crippen LogP contribution in [-0.4, -0.2) is 31.1 Å². The lowest BCUT2D eigenvalue weighted by Crippen LogP contribution is -2.22. The van der Waals surface area contributed by atoms with Crippen LogP contribution in [0.4, 0.5) is 10.1 Å². The molecular weight excluding hydrogens is 229 g/mol. The molecule has 18 heavy (non-hydrogen) atoms. The Hall–Kier alpha value is -1.60. The quantitative estimate of drug-likeness (QED) is 0.888. The minimum atomic E-state index is -0.363. The van der Waals surface area contributed by atoms with Gasteiger partial charge >= 0.3 is 0 Å². The highest BCUT2D eigenvalue weighted by Crippen LogP contribution is 2.18. The Bertz CT molecular complexity index is 453. The second-order valence-electron chi connectivity index (χ2n) is 4.77. The molecule has 1 N–H and O–H groups in total. The van der Waals surface area contributed by atoms with Gasteiger partial charge < -0.3 is 10.2 Å². The first kappa shape index (κ1) is 12.8. The van der Waals surface area contributed by atoms with E-state index in [9.17, 15) is 4.39 Å². The van der Waals surface area contributed by atoms with E-state index in [0.29, 0.717) is 17.2 Å². The molecule has 0 spiro atoms. The third-order valence-corrected chi connectivity index (χ3v) is 3.44. The van der Waals surface area contributed by atoms with Crippen LogP contribution in [0.1, 0.15) is 18.9 Å². The average Bonchev–Trinajstić information content (AvgIpc) is 2.83. The molecule has 1 atom stereocenters. The smallest absolute Gasteiger partial charge is 0.126 e. The summed E-state index contributed by atoms with van der Waals surface area (Å²) in [6.07, 6.45) is 1.18. The van der Waals surface area contributed by atoms with Crippen molar-refractivity contribution in [3.63, 3.8) is 0 Å². The Labute approximate surface area is 107 Å². The highest BCUT2D eigenvalue weighted by Gasteiger charge is 2.20. The zero-order valence-electron chi connectivity index (χ0n) is 10.6. The summed E-state index contributed by atoms with van der Waals surface area (Å²) in [5, 5.41) is 12.0. The van der Waals surface area contributed by atoms with E-state index in [2.05, 4.69) is 17.1 Å². The molecule has 96 valence electrons. The van der Waals surface area contributed by atoms with Gasteiger partial charge in [-0.1, -0.05) is 6.92 Å². The molecule has 1 aliphatic heterocycles. The molecule has 0 aromatic heterocycles. The zero-order chi connectivity index (χ0) is 13.0. The Morgan fingerprint density at radius 3 is 3.00 bits per heavy atom. The van der Waals surface area contributed by atoms with Crippen molar-refractivity contribution in [1.82, 2.24) is 4.90 Å². The molecule has 2 rings (SSSR count). The summed E-state index contributed by atoms with van der Waals surface area (Å²) in [4.78, 5) is 2.42. The molecule has 1 unspecified atom stereocenters. The molecule has 1 saturated heterocycles. The van der Waals surface area contributed by atoms with Gasteiger partial charge in [0.25, 0.3) is 0 Å². The molecule has 0 bridgehead atoms. The first-order chi connectivity index (χ1) is 8.71. The van der Waals surface area contributed by atoms with Gasteiger partial charge in [0.1, 0.15) is 5.82 Å². The third kappa shape index (κ3) is 3.21. The van der Waals surface area contributed by atoms with Crippen LogP contribution in [0.2, 0.25) is 0 Å². The van der Waals surface area contributed by atoms with Crippen LogP contribution in [-0.2, 0) is 0 Å². The maximum absolute atomic E-state index is 13.2. The topological polar surface area (TPSA) is 39.1 Å². The molecule has 1 aromatic rings. The average molecular weight is 247 g/mol. The molecule has 0 radical (unpaired) electrons. The van der Waals surface area contributed by atoms with Crippen LogP contribution in [0.15, 0.2) is 18.2 Å². The number of rotatable bonds is 4. The Kier molecular flexibility index (Phi) is 4.16. The fourth-order valence-electron chi connectivity index (χ4n) is 2.39. The highest BCUT2D eigenvalue weighted by atomic mass is 19.1. The fourth-order valence-corrected chi connectivity index (χ4v) is 2.39. The van der Waals surface area contributed by atoms with E-state index in [0.717, 1.165) is 26.2 Å². The van der Waals surface area contributed by atoms with Gasteiger partial charge in [0, 0.05) is 18.8 Å². The van der Waals surface area contributed by atoms with Gasteiger partial charge in [-0.2, -0.15) is 5.26 Å². The van der Waals surface area contributed by atoms with E-state index in [1.165, 1.54) is 18.6 Å². The Balaban J connectivity index is 1.91. The molecule has 1 aromatic carbocycles. The number of hydrogen-bond donors (Lipinski definition) is 1. The summed E-state index contributed by atoms with van der Waals surface area (Å²) < 4.78 is 13.2. The van der Waals surface area contributed by atoms with Crippen LogP contribution in [0.5, 0.6) is 0 Å². The van der Waals surface area contributed by atoms with Gasteiger partial charge in [-0.3, -0.25) is 0 Å². The van der Waals surface area contributed by atoms with Crippen LogP contribution in [0, 0.1) is 23.1 Å². The molecule has 1 fully saturated rings. The van der Waals surface area contributed by atoms with Crippen molar-refractivity contribution in [3.05, 3.63) is 29.6 Å². The van der Waals surface area contributed by atoms with Gasteiger partial charge in [0.15, 0.2) is 0 Å². The first-order valence-corrected chi connectivity index (χ1v) is 6.38. The lowest BCUT2D eigenvalue weighted by Gasteiger charge is -2.14. The summed E-state index contributed by atoms with van der Waals surface area (Å²) in [5.74, 6) is 0.247. The summed E-state index contributed by atoms with van der Waals surface area (Å²) in [7, 11) is 0. The van der Waals surface area contributed by atoms with Crippen LogP contribution < -0.4 is 5.32 Å². The second kappa shape index (κ2) is 5.83. The molecule has 1 heterocycles. The van der Waals surface area contributed by atoms with E-state index in [1.807, 2.05) is 6.07 Å². The van der Waals surface area contributed by atoms with Crippen molar-refractivity contribution in [2.75, 3.05) is 31.5 Å². The summed E-state index contributed by atoms with van der Waals surface area (Å²) in [5.41, 5.74) is 1.06. The predicted molar refractivity (Wildman–Crippen MR) is 69.8 cm³/mol. The van der Waals surface area contributed by atoms with Crippen molar-refractivity contribution in [3.8, 4) is 6.07 Å². The standard InChI is InChI=1S/C14H18FN3/c1-2-18-4-3-11(10-18)9-17-14-6-12(8-16)5-13(15)7-14/h5-7,11,17H,2-4,9-10H2,1H3. The van der Waals surface area contributed by atoms with Crippen LogP contribution in [0.25, 0.3) is 0 Å². The van der Waals surface area contributed by atoms with Gasteiger partial charge in [-0.15, -0.1) is 0 Å². The highest BCUT2D eigenvalue weighted by molar-refractivity contribution is 5.49. The number of benzene rings is 1. The summed E-state index contributed by atoms with van der Waals surface area (Å²) in [6.45, 7) is 6.35. The number of anilines is 1. The number of nitrogens with zero attached hydrogens (tertiary/aromatic N) is 2. The number of likely N-dealkylation sites (tertiary alicyclic amines) is 1.